The van der Waals surface area contributed by atoms with Crippen LogP contribution in [0, 0.1) is 5.92 Å². The first-order chi connectivity index (χ1) is 11.1. The molecule has 23 heavy (non-hydrogen) atoms. The van der Waals surface area contributed by atoms with Gasteiger partial charge in [0, 0.05) is 18.4 Å². The Morgan fingerprint density at radius 2 is 2.04 bits per heavy atom. The highest BCUT2D eigenvalue weighted by molar-refractivity contribution is 6.04. The highest BCUT2D eigenvalue weighted by Crippen LogP contribution is 2.24. The van der Waals surface area contributed by atoms with Crippen LogP contribution in [0.1, 0.15) is 31.3 Å². The third kappa shape index (κ3) is 4.98. The quantitative estimate of drug-likeness (QED) is 0.816. The van der Waals surface area contributed by atoms with E-state index in [-0.39, 0.29) is 5.91 Å². The van der Waals surface area contributed by atoms with E-state index >= 15 is 0 Å². The van der Waals surface area contributed by atoms with Crippen LogP contribution in [0.15, 0.2) is 42.6 Å². The molecule has 0 spiro atoms. The van der Waals surface area contributed by atoms with Crippen LogP contribution in [0.3, 0.4) is 0 Å². The van der Waals surface area contributed by atoms with Gasteiger partial charge in [0.2, 0.25) is 0 Å². The number of pyridine rings is 1. The number of para-hydroxylation sites is 2. The van der Waals surface area contributed by atoms with Gasteiger partial charge in [0.25, 0.3) is 5.91 Å². The molecule has 0 aliphatic rings. The van der Waals surface area contributed by atoms with Crippen molar-refractivity contribution in [1.82, 2.24) is 4.98 Å². The second-order valence-electron chi connectivity index (χ2n) is 5.59. The third-order valence-electron chi connectivity index (χ3n) is 3.14. The van der Waals surface area contributed by atoms with E-state index in [2.05, 4.69) is 29.5 Å². The van der Waals surface area contributed by atoms with Gasteiger partial charge in [-0.3, -0.25) is 9.78 Å². The first kappa shape index (κ1) is 16.8. The molecule has 1 aromatic heterocycles. The number of anilines is 2. The molecule has 0 fully saturated rings. The number of amides is 1. The van der Waals surface area contributed by atoms with Crippen molar-refractivity contribution in [2.75, 3.05) is 23.8 Å². The molecule has 1 heterocycles. The first-order valence-electron chi connectivity index (χ1n) is 7.83. The lowest BCUT2D eigenvalue weighted by Crippen LogP contribution is -2.15. The van der Waals surface area contributed by atoms with E-state index < -0.39 is 0 Å². The monoisotopic (exact) mass is 313 g/mol. The molecule has 0 saturated heterocycles. The largest absolute Gasteiger partial charge is 0.492 e. The van der Waals surface area contributed by atoms with Crippen LogP contribution in [0.4, 0.5) is 11.4 Å². The summed E-state index contributed by atoms with van der Waals surface area (Å²) in [5.74, 6) is 0.918. The Bertz CT molecular complexity index is 656. The molecule has 122 valence electrons. The topological polar surface area (TPSA) is 63.2 Å². The Morgan fingerprint density at radius 1 is 1.26 bits per heavy atom. The number of ether oxygens (including phenoxy) is 1. The molecule has 0 unspecified atom stereocenters. The van der Waals surface area contributed by atoms with Gasteiger partial charge in [0.15, 0.2) is 0 Å². The van der Waals surface area contributed by atoms with Gasteiger partial charge in [-0.05, 0) is 37.1 Å². The minimum Gasteiger partial charge on any atom is -0.492 e. The Hall–Kier alpha value is -2.56. The van der Waals surface area contributed by atoms with Gasteiger partial charge in [-0.25, -0.2) is 0 Å². The normalized spacial score (nSPS) is 10.4. The molecule has 1 amide bonds. The lowest BCUT2D eigenvalue weighted by Gasteiger charge is -2.12. The predicted molar refractivity (Wildman–Crippen MR) is 93.1 cm³/mol. The number of nitrogens with zero attached hydrogens (tertiary/aromatic N) is 1. The third-order valence-corrected chi connectivity index (χ3v) is 3.14. The molecular formula is C18H23N3O2. The number of rotatable bonds is 7. The first-order valence-corrected chi connectivity index (χ1v) is 7.83. The maximum Gasteiger partial charge on any atom is 0.274 e. The summed E-state index contributed by atoms with van der Waals surface area (Å²) in [6.45, 7) is 7.56. The molecule has 2 aromatic rings. The zero-order valence-electron chi connectivity index (χ0n) is 13.8. The maximum atomic E-state index is 12.4. The molecule has 0 bridgehead atoms. The summed E-state index contributed by atoms with van der Waals surface area (Å²) in [5, 5.41) is 6.14. The summed E-state index contributed by atoms with van der Waals surface area (Å²) >= 11 is 0. The summed E-state index contributed by atoms with van der Waals surface area (Å²) in [4.78, 5) is 16.5. The molecule has 0 aliphatic carbocycles. The standard InChI is InChI=1S/C18H23N3O2/c1-4-23-17-8-6-5-7-15(17)21-18(22)16-11-14(9-10-19-16)20-12-13(2)3/h5-11,13H,4,12H2,1-3H3,(H,19,20)(H,21,22). The van der Waals surface area contributed by atoms with Crippen LogP contribution in [0.2, 0.25) is 0 Å². The molecule has 0 aliphatic heterocycles. The van der Waals surface area contributed by atoms with Gasteiger partial charge in [-0.15, -0.1) is 0 Å². The second-order valence-corrected chi connectivity index (χ2v) is 5.59. The number of nitrogens with one attached hydrogen (secondary N) is 2. The summed E-state index contributed by atoms with van der Waals surface area (Å²) in [6.07, 6.45) is 1.63. The van der Waals surface area contributed by atoms with Crippen LogP contribution in [-0.2, 0) is 0 Å². The van der Waals surface area contributed by atoms with E-state index in [1.165, 1.54) is 0 Å². The zero-order valence-corrected chi connectivity index (χ0v) is 13.8. The van der Waals surface area contributed by atoms with Crippen molar-refractivity contribution in [1.29, 1.82) is 0 Å². The highest BCUT2D eigenvalue weighted by atomic mass is 16.5. The summed E-state index contributed by atoms with van der Waals surface area (Å²) in [7, 11) is 0. The molecule has 5 heteroatoms. The fourth-order valence-electron chi connectivity index (χ4n) is 2.02. The van der Waals surface area contributed by atoms with E-state index in [4.69, 9.17) is 4.74 Å². The number of hydrogen-bond acceptors (Lipinski definition) is 4. The van der Waals surface area contributed by atoms with Crippen molar-refractivity contribution >= 4 is 17.3 Å². The number of carbonyl (C=O) groups is 1. The molecule has 2 N–H and O–H groups in total. The van der Waals surface area contributed by atoms with Gasteiger partial charge < -0.3 is 15.4 Å². The zero-order chi connectivity index (χ0) is 16.7. The Balaban J connectivity index is 2.10. The van der Waals surface area contributed by atoms with Crippen molar-refractivity contribution in [3.63, 3.8) is 0 Å². The summed E-state index contributed by atoms with van der Waals surface area (Å²) < 4.78 is 5.51. The van der Waals surface area contributed by atoms with E-state index in [0.29, 0.717) is 29.7 Å². The Kier molecular flexibility index (Phi) is 5.97. The van der Waals surface area contributed by atoms with Gasteiger partial charge in [0.05, 0.1) is 12.3 Å². The van der Waals surface area contributed by atoms with Crippen LogP contribution in [0.5, 0.6) is 5.75 Å². The molecule has 0 saturated carbocycles. The lowest BCUT2D eigenvalue weighted by atomic mass is 10.2. The average Bonchev–Trinajstić information content (AvgIpc) is 2.55. The van der Waals surface area contributed by atoms with Gasteiger partial charge in [0.1, 0.15) is 11.4 Å². The fourth-order valence-corrected chi connectivity index (χ4v) is 2.02. The van der Waals surface area contributed by atoms with Gasteiger partial charge in [-0.2, -0.15) is 0 Å². The van der Waals surface area contributed by atoms with E-state index in [0.717, 1.165) is 12.2 Å². The maximum absolute atomic E-state index is 12.4. The van der Waals surface area contributed by atoms with Crippen molar-refractivity contribution in [3.05, 3.63) is 48.3 Å². The molecule has 0 radical (unpaired) electrons. The number of aromatic nitrogens is 1. The summed E-state index contributed by atoms with van der Waals surface area (Å²) in [6, 6.07) is 11.0. The van der Waals surface area contributed by atoms with Crippen LogP contribution in [0.25, 0.3) is 0 Å². The molecular weight excluding hydrogens is 290 g/mol. The minimum atomic E-state index is -0.259. The molecule has 0 atom stereocenters. The second kappa shape index (κ2) is 8.17. The highest BCUT2D eigenvalue weighted by Gasteiger charge is 2.11. The molecule has 2 rings (SSSR count). The molecule has 5 nitrogen and oxygen atoms in total. The van der Waals surface area contributed by atoms with Crippen molar-refractivity contribution < 1.29 is 9.53 Å². The van der Waals surface area contributed by atoms with Gasteiger partial charge >= 0.3 is 0 Å². The smallest absolute Gasteiger partial charge is 0.274 e. The number of benzene rings is 1. The van der Waals surface area contributed by atoms with Crippen LogP contribution in [-0.4, -0.2) is 24.0 Å². The summed E-state index contributed by atoms with van der Waals surface area (Å²) in [5.41, 5.74) is 1.89. The lowest BCUT2D eigenvalue weighted by molar-refractivity contribution is 0.102. The Morgan fingerprint density at radius 3 is 2.78 bits per heavy atom. The van der Waals surface area contributed by atoms with Crippen LogP contribution < -0.4 is 15.4 Å². The van der Waals surface area contributed by atoms with E-state index in [1.807, 2.05) is 37.3 Å². The van der Waals surface area contributed by atoms with Crippen molar-refractivity contribution in [3.8, 4) is 5.75 Å². The Labute approximate surface area is 137 Å². The predicted octanol–water partition coefficient (Wildman–Crippen LogP) is 3.80. The SMILES string of the molecule is CCOc1ccccc1NC(=O)c1cc(NCC(C)C)ccn1. The van der Waals surface area contributed by atoms with Gasteiger partial charge in [-0.1, -0.05) is 26.0 Å². The van der Waals surface area contributed by atoms with E-state index in [9.17, 15) is 4.79 Å². The fraction of sp³-hybridized carbons (Fsp3) is 0.333. The molecule has 1 aromatic carbocycles. The number of carbonyl (C=O) groups excluding carboxylic acids is 1. The minimum absolute atomic E-state index is 0.259. The van der Waals surface area contributed by atoms with Crippen molar-refractivity contribution in [2.45, 2.75) is 20.8 Å². The van der Waals surface area contributed by atoms with E-state index in [1.54, 1.807) is 12.3 Å². The van der Waals surface area contributed by atoms with Crippen LogP contribution >= 0.6 is 0 Å². The number of hydrogen-bond donors (Lipinski definition) is 2. The average molecular weight is 313 g/mol. The van der Waals surface area contributed by atoms with Crippen molar-refractivity contribution in [2.24, 2.45) is 5.92 Å².